The maximum Gasteiger partial charge on any atom is 0.304 e. The first kappa shape index (κ1) is 41.4. The number of aliphatic carboxylic acids is 1. The van der Waals surface area contributed by atoms with E-state index in [9.17, 15) is 26.7 Å². The summed E-state index contributed by atoms with van der Waals surface area (Å²) in [6.07, 6.45) is -1.28. The Morgan fingerprint density at radius 3 is 2.39 bits per heavy atom. The third kappa shape index (κ3) is 9.70. The Labute approximate surface area is 328 Å². The highest BCUT2D eigenvalue weighted by Crippen LogP contribution is 2.36. The molecule has 4 aromatic carbocycles. The van der Waals surface area contributed by atoms with Gasteiger partial charge in [0.15, 0.2) is 0 Å². The highest BCUT2D eigenvalue weighted by atomic mass is 35.5. The predicted molar refractivity (Wildman–Crippen MR) is 206 cm³/mol. The molecule has 288 valence electrons. The van der Waals surface area contributed by atoms with Crippen molar-refractivity contribution in [2.24, 2.45) is 7.05 Å². The fourth-order valence-electron chi connectivity index (χ4n) is 5.85. The lowest BCUT2D eigenvalue weighted by Crippen LogP contribution is -2.35. The number of carbonyl (C=O) groups is 1. The zero-order chi connectivity index (χ0) is 39.5. The van der Waals surface area contributed by atoms with Gasteiger partial charge >= 0.3 is 5.97 Å². The molecule has 0 aliphatic carbocycles. The van der Waals surface area contributed by atoms with Gasteiger partial charge in [-0.25, -0.2) is 26.2 Å². The van der Waals surface area contributed by atoms with Crippen molar-refractivity contribution in [2.45, 2.75) is 61.7 Å². The topological polar surface area (TPSA) is 181 Å². The largest absolute Gasteiger partial charge is 0.488 e. The van der Waals surface area contributed by atoms with Crippen LogP contribution in [0.2, 0.25) is 15.1 Å². The van der Waals surface area contributed by atoms with Gasteiger partial charge in [-0.05, 0) is 91.6 Å². The molecule has 1 aliphatic heterocycles. The van der Waals surface area contributed by atoms with Crippen LogP contribution in [0.1, 0.15) is 48.4 Å². The summed E-state index contributed by atoms with van der Waals surface area (Å²) >= 11 is 17.6. The van der Waals surface area contributed by atoms with Crippen LogP contribution in [0.5, 0.6) is 5.75 Å². The second kappa shape index (κ2) is 16.9. The molecule has 1 aromatic heterocycles. The zero-order valence-corrected chi connectivity index (χ0v) is 33.5. The Morgan fingerprint density at radius 1 is 1.02 bits per heavy atom. The van der Waals surface area contributed by atoms with Crippen LogP contribution in [0.25, 0.3) is 11.0 Å². The fraction of sp³-hybridized carbons (Fsp3) is 0.306. The molecule has 0 saturated carbocycles. The average Bonchev–Trinajstić information content (AvgIpc) is 3.44. The highest BCUT2D eigenvalue weighted by molar-refractivity contribution is 7.89. The van der Waals surface area contributed by atoms with E-state index in [0.717, 1.165) is 27.8 Å². The minimum atomic E-state index is -3.90. The van der Waals surface area contributed by atoms with Gasteiger partial charge in [-0.1, -0.05) is 64.3 Å². The number of rotatable bonds is 10. The van der Waals surface area contributed by atoms with Crippen LogP contribution in [0.3, 0.4) is 0 Å². The van der Waals surface area contributed by atoms with Gasteiger partial charge in [0.1, 0.15) is 27.2 Å². The van der Waals surface area contributed by atoms with Crippen LogP contribution >= 0.6 is 34.8 Å². The molecule has 18 heteroatoms. The fourth-order valence-corrected chi connectivity index (χ4v) is 9.60. The van der Waals surface area contributed by atoms with E-state index in [2.05, 4.69) is 15.0 Å². The Hall–Kier alpha value is -3.80. The van der Waals surface area contributed by atoms with E-state index >= 15 is 0 Å². The van der Waals surface area contributed by atoms with Crippen molar-refractivity contribution >= 4 is 71.9 Å². The number of aromatic nitrogens is 3. The molecule has 5 aromatic rings. The molecule has 0 saturated heterocycles. The lowest BCUT2D eigenvalue weighted by Gasteiger charge is -2.24. The van der Waals surface area contributed by atoms with Gasteiger partial charge in [0.05, 0.1) is 29.6 Å². The summed E-state index contributed by atoms with van der Waals surface area (Å²) in [5.74, 6) is -1.12. The van der Waals surface area contributed by atoms with Crippen LogP contribution in [-0.4, -0.2) is 77.6 Å². The number of aliphatic hydroxyl groups excluding tert-OH is 1. The summed E-state index contributed by atoms with van der Waals surface area (Å²) in [4.78, 5) is 11.8. The summed E-state index contributed by atoms with van der Waals surface area (Å²) in [5, 5.41) is 27.6. The summed E-state index contributed by atoms with van der Waals surface area (Å²) in [5.41, 5.74) is 4.76. The Kier molecular flexibility index (Phi) is 13.0. The number of fused-ring (bicyclic) bond motifs is 2. The summed E-state index contributed by atoms with van der Waals surface area (Å²) in [7, 11) is -5.84. The van der Waals surface area contributed by atoms with E-state index in [1.54, 1.807) is 23.9 Å². The lowest BCUT2D eigenvalue weighted by atomic mass is 9.86. The minimum absolute atomic E-state index is 0.0317. The van der Waals surface area contributed by atoms with Crippen molar-refractivity contribution in [2.75, 3.05) is 13.1 Å². The number of carboxylic acid groups (broad SMARTS) is 1. The number of hydrogen-bond donors (Lipinski definition) is 3. The Bertz CT molecular complexity index is 2410. The second-order valence-corrected chi connectivity index (χ2v) is 17.8. The van der Waals surface area contributed by atoms with Crippen LogP contribution in [0.4, 0.5) is 0 Å². The molecular weight excluding hydrogens is 801 g/mol. The number of carboxylic acids is 1. The number of aryl methyl sites for hydroxylation is 2. The zero-order valence-electron chi connectivity index (χ0n) is 29.6. The molecule has 0 fully saturated rings. The molecule has 0 radical (unpaired) electrons. The SMILES string of the molecule is CC(O)CNS(=O)(=O)c1cc(Cl)ccc1Cl.Cc1ccc([C@@H](CC(=O)O)c2ccc3c(c2)nnn3C)cc1CN1C[C@@H](C)Oc2ccc(Cl)cc2S1(=O)=O. The maximum atomic E-state index is 13.6. The van der Waals surface area contributed by atoms with Gasteiger partial charge in [0.25, 0.3) is 0 Å². The quantitative estimate of drug-likeness (QED) is 0.147. The molecule has 3 atom stereocenters. The maximum absolute atomic E-state index is 13.6. The number of nitrogens with zero attached hydrogens (tertiary/aromatic N) is 4. The van der Waals surface area contributed by atoms with Crippen LogP contribution in [-0.2, 0) is 38.4 Å². The van der Waals surface area contributed by atoms with Gasteiger partial charge in [0, 0.05) is 36.1 Å². The minimum Gasteiger partial charge on any atom is -0.488 e. The standard InChI is InChI=1S/C27H27ClN4O5S.C9H11Cl2NO3S/c1-16-4-5-18(22(13-27(33)34)19-6-8-24-23(11-19)29-30-31(24)3)10-20(16)15-32-14-17(2)37-25-9-7-21(28)12-26(25)38(32,35)36;1-6(13)5-12-16(14,15)9-4-7(10)2-3-8(9)11/h4-12,17,22H,13-15H2,1-3H3,(H,33,34);2-4,6,12-13H,5H2,1H3/t17-,22-;/m1./s1. The molecule has 3 N–H and O–H groups in total. The number of aliphatic hydroxyl groups is 1. The van der Waals surface area contributed by atoms with Crippen molar-refractivity contribution in [1.29, 1.82) is 0 Å². The smallest absolute Gasteiger partial charge is 0.304 e. The second-order valence-electron chi connectivity index (χ2n) is 12.9. The third-order valence-corrected chi connectivity index (χ3v) is 12.8. The molecule has 1 aliphatic rings. The van der Waals surface area contributed by atoms with Crippen LogP contribution in [0, 0.1) is 6.92 Å². The average molecular weight is 839 g/mol. The Morgan fingerprint density at radius 2 is 1.69 bits per heavy atom. The van der Waals surface area contributed by atoms with Crippen LogP contribution in [0.15, 0.2) is 82.6 Å². The summed E-state index contributed by atoms with van der Waals surface area (Å²) < 4.78 is 61.9. The molecule has 54 heavy (non-hydrogen) atoms. The van der Waals surface area contributed by atoms with Gasteiger partial charge in [-0.3, -0.25) is 4.79 Å². The third-order valence-electron chi connectivity index (χ3n) is 8.60. The van der Waals surface area contributed by atoms with Crippen molar-refractivity contribution in [1.82, 2.24) is 24.0 Å². The number of sulfonamides is 2. The van der Waals surface area contributed by atoms with E-state index in [1.807, 2.05) is 50.2 Å². The molecule has 13 nitrogen and oxygen atoms in total. The van der Waals surface area contributed by atoms with Crippen molar-refractivity contribution in [3.63, 3.8) is 0 Å². The first-order valence-electron chi connectivity index (χ1n) is 16.6. The van der Waals surface area contributed by atoms with E-state index in [4.69, 9.17) is 44.6 Å². The number of hydrogen-bond acceptors (Lipinski definition) is 9. The van der Waals surface area contributed by atoms with Crippen molar-refractivity contribution < 1.29 is 36.6 Å². The van der Waals surface area contributed by atoms with Gasteiger partial charge in [0.2, 0.25) is 20.0 Å². The van der Waals surface area contributed by atoms with E-state index in [0.29, 0.717) is 10.5 Å². The normalized spacial score (nSPS) is 16.7. The van der Waals surface area contributed by atoms with Gasteiger partial charge in [-0.15, -0.1) is 5.10 Å². The monoisotopic (exact) mass is 837 g/mol. The Balaban J connectivity index is 0.000000294. The summed E-state index contributed by atoms with van der Waals surface area (Å²) in [6.45, 7) is 5.38. The van der Waals surface area contributed by atoms with Crippen molar-refractivity contribution in [3.05, 3.63) is 110 Å². The molecule has 0 amide bonds. The predicted octanol–water partition coefficient (Wildman–Crippen LogP) is 6.16. The van der Waals surface area contributed by atoms with Gasteiger partial charge in [-0.2, -0.15) is 4.31 Å². The van der Waals surface area contributed by atoms with Crippen molar-refractivity contribution in [3.8, 4) is 5.75 Å². The lowest BCUT2D eigenvalue weighted by molar-refractivity contribution is -0.137. The highest BCUT2D eigenvalue weighted by Gasteiger charge is 2.34. The van der Waals surface area contributed by atoms with E-state index in [-0.39, 0.29) is 57.7 Å². The molecule has 1 unspecified atom stereocenters. The molecule has 2 heterocycles. The van der Waals surface area contributed by atoms with E-state index in [1.165, 1.54) is 35.5 Å². The number of ether oxygens (including phenoxy) is 1. The molecule has 0 bridgehead atoms. The van der Waals surface area contributed by atoms with E-state index < -0.39 is 38.0 Å². The van der Waals surface area contributed by atoms with Gasteiger partial charge < -0.3 is 14.9 Å². The molecular formula is C36H38Cl3N5O8S2. The van der Waals surface area contributed by atoms with Crippen LogP contribution < -0.4 is 9.46 Å². The summed E-state index contributed by atoms with van der Waals surface area (Å²) in [6, 6.07) is 20.1. The first-order chi connectivity index (χ1) is 25.3. The number of benzene rings is 4. The number of halogens is 3. The number of nitrogens with one attached hydrogen (secondary N) is 1. The molecule has 0 spiro atoms. The molecule has 6 rings (SSSR count). The first-order valence-corrected chi connectivity index (χ1v) is 20.6.